The van der Waals surface area contributed by atoms with E-state index in [1.807, 2.05) is 12.3 Å². The Morgan fingerprint density at radius 1 is 0.950 bits per heavy atom. The van der Waals surface area contributed by atoms with E-state index >= 15 is 0 Å². The molecule has 20 heavy (non-hydrogen) atoms. The van der Waals surface area contributed by atoms with E-state index in [2.05, 4.69) is 49.9 Å². The molecular formula is C16H10N4. The van der Waals surface area contributed by atoms with Gasteiger partial charge < -0.3 is 4.57 Å². The molecule has 0 N–H and O–H groups in total. The van der Waals surface area contributed by atoms with E-state index in [0.29, 0.717) is 0 Å². The van der Waals surface area contributed by atoms with Crippen molar-refractivity contribution in [3.63, 3.8) is 0 Å². The van der Waals surface area contributed by atoms with Crippen molar-refractivity contribution in [3.8, 4) is 0 Å². The Bertz CT molecular complexity index is 1030. The topological polar surface area (TPSA) is 43.1 Å². The lowest BCUT2D eigenvalue weighted by molar-refractivity contribution is 0.943. The first kappa shape index (κ1) is 10.1. The second kappa shape index (κ2) is 3.42. The van der Waals surface area contributed by atoms with Crippen molar-refractivity contribution in [1.82, 2.24) is 14.5 Å². The highest BCUT2D eigenvalue weighted by atomic mass is 15.1. The fourth-order valence-corrected chi connectivity index (χ4v) is 3.14. The number of benzene rings is 2. The summed E-state index contributed by atoms with van der Waals surface area (Å²) in [5.74, 6) is 1.02. The summed E-state index contributed by atoms with van der Waals surface area (Å²) in [5, 5.41) is 3.51. The summed E-state index contributed by atoms with van der Waals surface area (Å²) in [4.78, 5) is 13.3. The molecule has 3 heterocycles. The van der Waals surface area contributed by atoms with Crippen molar-refractivity contribution in [3.05, 3.63) is 42.7 Å². The SMILES string of the molecule is C1=Nc2c3ccc4ncnc4c3c3ccccc3n2C1. The molecule has 0 aliphatic carbocycles. The van der Waals surface area contributed by atoms with Crippen molar-refractivity contribution < 1.29 is 0 Å². The van der Waals surface area contributed by atoms with Crippen LogP contribution in [0, 0.1) is 0 Å². The largest absolute Gasteiger partial charge is 0.320 e. The Balaban J connectivity index is 2.20. The van der Waals surface area contributed by atoms with Gasteiger partial charge in [0.1, 0.15) is 12.1 Å². The first-order valence-corrected chi connectivity index (χ1v) is 6.61. The Morgan fingerprint density at radius 2 is 1.90 bits per heavy atom. The highest BCUT2D eigenvalue weighted by Crippen LogP contribution is 2.38. The molecular weight excluding hydrogens is 248 g/mol. The molecule has 94 valence electrons. The average molecular weight is 258 g/mol. The van der Waals surface area contributed by atoms with Crippen LogP contribution in [0.15, 0.2) is 47.7 Å². The number of aliphatic imine (C=N–C) groups is 1. The Kier molecular flexibility index (Phi) is 1.72. The molecule has 1 aliphatic heterocycles. The number of rotatable bonds is 0. The normalized spacial score (nSPS) is 13.6. The van der Waals surface area contributed by atoms with Crippen molar-refractivity contribution in [1.29, 1.82) is 0 Å². The first-order chi connectivity index (χ1) is 9.93. The van der Waals surface area contributed by atoms with Crippen LogP contribution in [-0.2, 0) is 6.54 Å². The molecule has 4 aromatic rings. The van der Waals surface area contributed by atoms with E-state index in [9.17, 15) is 0 Å². The highest BCUT2D eigenvalue weighted by molar-refractivity contribution is 6.20. The number of nitrogens with zero attached hydrogens (tertiary/aromatic N) is 4. The summed E-state index contributed by atoms with van der Waals surface area (Å²) in [5.41, 5.74) is 3.10. The summed E-state index contributed by atoms with van der Waals surface area (Å²) >= 11 is 0. The zero-order valence-corrected chi connectivity index (χ0v) is 10.6. The maximum Gasteiger partial charge on any atom is 0.140 e. The van der Waals surface area contributed by atoms with Gasteiger partial charge in [-0.3, -0.25) is 0 Å². The van der Waals surface area contributed by atoms with Crippen LogP contribution >= 0.6 is 0 Å². The lowest BCUT2D eigenvalue weighted by Crippen LogP contribution is -1.98. The van der Waals surface area contributed by atoms with Crippen molar-refractivity contribution in [2.24, 2.45) is 4.99 Å². The molecule has 0 fully saturated rings. The van der Waals surface area contributed by atoms with Crippen molar-refractivity contribution in [2.75, 3.05) is 0 Å². The van der Waals surface area contributed by atoms with Gasteiger partial charge in [-0.25, -0.2) is 15.0 Å². The Morgan fingerprint density at radius 3 is 2.90 bits per heavy atom. The fourth-order valence-electron chi connectivity index (χ4n) is 3.14. The molecule has 5 rings (SSSR count). The summed E-state index contributed by atoms with van der Waals surface area (Å²) in [6.45, 7) is 0.830. The molecule has 0 saturated heterocycles. The van der Waals surface area contributed by atoms with E-state index in [1.54, 1.807) is 6.33 Å². The van der Waals surface area contributed by atoms with Gasteiger partial charge in [-0.1, -0.05) is 18.2 Å². The van der Waals surface area contributed by atoms with Gasteiger partial charge in [0.25, 0.3) is 0 Å². The van der Waals surface area contributed by atoms with Gasteiger partial charge in [0.2, 0.25) is 0 Å². The predicted octanol–water partition coefficient (Wildman–Crippen LogP) is 3.45. The number of aromatic nitrogens is 3. The average Bonchev–Trinajstić information content (AvgIpc) is 3.15. The maximum atomic E-state index is 4.56. The van der Waals surface area contributed by atoms with Gasteiger partial charge in [-0.15, -0.1) is 0 Å². The van der Waals surface area contributed by atoms with Crippen LogP contribution < -0.4 is 0 Å². The number of fused-ring (bicyclic) bond motifs is 8. The lowest BCUT2D eigenvalue weighted by Gasteiger charge is -2.13. The van der Waals surface area contributed by atoms with Crippen LogP contribution in [0.1, 0.15) is 0 Å². The minimum Gasteiger partial charge on any atom is -0.320 e. The fraction of sp³-hybridized carbons (Fsp3) is 0.0625. The molecule has 0 radical (unpaired) electrons. The number of pyridine rings is 1. The minimum atomic E-state index is 0.830. The first-order valence-electron chi connectivity index (χ1n) is 6.61. The number of para-hydroxylation sites is 1. The van der Waals surface area contributed by atoms with Gasteiger partial charge in [-0.05, 0) is 18.2 Å². The number of imidazole rings is 1. The van der Waals surface area contributed by atoms with Crippen LogP contribution in [0.25, 0.3) is 32.7 Å². The quantitative estimate of drug-likeness (QED) is 0.453. The molecule has 0 unspecified atom stereocenters. The molecule has 1 aliphatic rings. The van der Waals surface area contributed by atoms with Crippen molar-refractivity contribution in [2.45, 2.75) is 6.54 Å². The van der Waals surface area contributed by atoms with Crippen molar-refractivity contribution >= 4 is 44.7 Å². The van der Waals surface area contributed by atoms with Gasteiger partial charge in [0.05, 0.1) is 23.1 Å². The van der Waals surface area contributed by atoms with Gasteiger partial charge in [0, 0.05) is 22.4 Å². The molecule has 0 spiro atoms. The number of hydrogen-bond acceptors (Lipinski definition) is 3. The molecule has 4 nitrogen and oxygen atoms in total. The highest BCUT2D eigenvalue weighted by Gasteiger charge is 2.17. The van der Waals surface area contributed by atoms with Gasteiger partial charge in [0.15, 0.2) is 0 Å². The summed E-state index contributed by atoms with van der Waals surface area (Å²) < 4.78 is 2.25. The molecule has 0 amide bonds. The molecule has 2 aromatic heterocycles. The van der Waals surface area contributed by atoms with E-state index in [-0.39, 0.29) is 0 Å². The predicted molar refractivity (Wildman–Crippen MR) is 80.7 cm³/mol. The summed E-state index contributed by atoms with van der Waals surface area (Å²) in [6, 6.07) is 12.6. The van der Waals surface area contributed by atoms with E-state index in [1.165, 1.54) is 10.9 Å². The molecule has 0 saturated carbocycles. The summed E-state index contributed by atoms with van der Waals surface area (Å²) in [7, 11) is 0. The minimum absolute atomic E-state index is 0.830. The molecule has 2 aromatic carbocycles. The third-order valence-corrected chi connectivity index (χ3v) is 3.98. The third-order valence-electron chi connectivity index (χ3n) is 3.98. The monoisotopic (exact) mass is 258 g/mol. The standard InChI is InChI=1S/C16H10N4/c1-2-4-13-10(3-1)14-11(16-17-7-8-20(13)16)5-6-12-15(14)19-9-18-12/h1-7,9H,8H2. The van der Waals surface area contributed by atoms with E-state index in [0.717, 1.165) is 34.2 Å². The smallest absolute Gasteiger partial charge is 0.140 e. The Hall–Kier alpha value is -2.75. The zero-order chi connectivity index (χ0) is 13.1. The van der Waals surface area contributed by atoms with Crippen LogP contribution in [0.2, 0.25) is 0 Å². The zero-order valence-electron chi connectivity index (χ0n) is 10.6. The van der Waals surface area contributed by atoms with E-state index < -0.39 is 0 Å². The number of hydrogen-bond donors (Lipinski definition) is 0. The van der Waals surface area contributed by atoms with Gasteiger partial charge in [-0.2, -0.15) is 0 Å². The van der Waals surface area contributed by atoms with Crippen LogP contribution in [0.3, 0.4) is 0 Å². The van der Waals surface area contributed by atoms with E-state index in [4.69, 9.17) is 0 Å². The molecule has 0 bridgehead atoms. The van der Waals surface area contributed by atoms with Gasteiger partial charge >= 0.3 is 0 Å². The van der Waals surface area contributed by atoms with Crippen LogP contribution in [-0.4, -0.2) is 20.7 Å². The van der Waals surface area contributed by atoms with Crippen LogP contribution in [0.4, 0.5) is 5.82 Å². The second-order valence-electron chi connectivity index (χ2n) is 4.99. The second-order valence-corrected chi connectivity index (χ2v) is 4.99. The lowest BCUT2D eigenvalue weighted by atomic mass is 10.0. The maximum absolute atomic E-state index is 4.56. The Labute approximate surface area is 114 Å². The van der Waals surface area contributed by atoms with Crippen LogP contribution in [0.5, 0.6) is 0 Å². The third kappa shape index (κ3) is 1.09. The molecule has 0 atom stereocenters. The summed E-state index contributed by atoms with van der Waals surface area (Å²) in [6.07, 6.45) is 3.59. The molecule has 4 heteroatoms.